The maximum atomic E-state index is 13.2. The Morgan fingerprint density at radius 2 is 1.81 bits per heavy atom. The number of hydrogen-bond donors (Lipinski definition) is 1. The predicted octanol–water partition coefficient (Wildman–Crippen LogP) is 4.08. The number of sulfone groups is 1. The van der Waals surface area contributed by atoms with Crippen molar-refractivity contribution in [1.82, 2.24) is 24.4 Å². The maximum absolute atomic E-state index is 13.2. The van der Waals surface area contributed by atoms with Crippen LogP contribution in [0.2, 0.25) is 0 Å². The van der Waals surface area contributed by atoms with Gasteiger partial charge in [-0.15, -0.1) is 0 Å². The summed E-state index contributed by atoms with van der Waals surface area (Å²) >= 11 is 0. The van der Waals surface area contributed by atoms with E-state index in [0.717, 1.165) is 29.7 Å². The van der Waals surface area contributed by atoms with E-state index < -0.39 is 9.84 Å². The Hall–Kier alpha value is -4.31. The molecule has 0 aliphatic heterocycles. The quantitative estimate of drug-likeness (QED) is 0.378. The van der Waals surface area contributed by atoms with E-state index in [1.54, 1.807) is 53.5 Å². The minimum Gasteiger partial charge on any atom is -0.306 e. The van der Waals surface area contributed by atoms with Crippen LogP contribution in [-0.2, 0) is 9.84 Å². The second-order valence-electron chi connectivity index (χ2n) is 8.83. The molecule has 1 amide bonds. The molecule has 180 valence electrons. The minimum atomic E-state index is -3.27. The van der Waals surface area contributed by atoms with Crippen LogP contribution in [0, 0.1) is 6.92 Å². The third-order valence-electron chi connectivity index (χ3n) is 6.20. The second kappa shape index (κ2) is 8.42. The van der Waals surface area contributed by atoms with Gasteiger partial charge in [0.1, 0.15) is 11.4 Å². The van der Waals surface area contributed by atoms with Crippen LogP contribution in [0.25, 0.3) is 22.6 Å². The van der Waals surface area contributed by atoms with Gasteiger partial charge in [-0.2, -0.15) is 10.2 Å². The molecule has 3 heterocycles. The first-order chi connectivity index (χ1) is 17.4. The molecule has 1 saturated carbocycles. The van der Waals surface area contributed by atoms with E-state index >= 15 is 0 Å². The number of aryl methyl sites for hydroxylation is 1. The van der Waals surface area contributed by atoms with E-state index in [-0.39, 0.29) is 11.2 Å². The Kier molecular flexibility index (Phi) is 5.18. The van der Waals surface area contributed by atoms with Crippen molar-refractivity contribution in [3.63, 3.8) is 0 Å². The van der Waals surface area contributed by atoms with E-state index in [4.69, 9.17) is 5.10 Å². The highest BCUT2D eigenvalue weighted by molar-refractivity contribution is 7.92. The molecule has 2 aromatic carbocycles. The molecule has 10 heteroatoms. The van der Waals surface area contributed by atoms with E-state index in [9.17, 15) is 13.2 Å². The van der Waals surface area contributed by atoms with Gasteiger partial charge in [0.25, 0.3) is 5.91 Å². The maximum Gasteiger partial charge on any atom is 0.262 e. The van der Waals surface area contributed by atoms with Crippen molar-refractivity contribution >= 4 is 27.2 Å². The van der Waals surface area contributed by atoms with Crippen molar-refractivity contribution in [2.45, 2.75) is 29.9 Å². The molecule has 0 radical (unpaired) electrons. The van der Waals surface area contributed by atoms with Crippen LogP contribution in [0.15, 0.2) is 84.1 Å². The summed E-state index contributed by atoms with van der Waals surface area (Å²) in [4.78, 5) is 17.8. The van der Waals surface area contributed by atoms with Crippen molar-refractivity contribution < 1.29 is 13.2 Å². The second-order valence-corrected chi connectivity index (χ2v) is 11.1. The number of carbonyl (C=O) groups is 1. The summed E-state index contributed by atoms with van der Waals surface area (Å²) in [6.45, 7) is 2.00. The van der Waals surface area contributed by atoms with E-state index in [1.165, 1.54) is 10.7 Å². The summed E-state index contributed by atoms with van der Waals surface area (Å²) in [6.07, 6.45) is 6.24. The number of anilines is 1. The molecule has 0 spiro atoms. The minimum absolute atomic E-state index is 0.264. The molecule has 1 aliphatic carbocycles. The summed E-state index contributed by atoms with van der Waals surface area (Å²) in [5.74, 6) is 0.0956. The highest BCUT2D eigenvalue weighted by Gasteiger charge is 2.36. The first kappa shape index (κ1) is 22.2. The Balaban J connectivity index is 1.37. The van der Waals surface area contributed by atoms with Crippen LogP contribution >= 0.6 is 0 Å². The number of amides is 1. The number of benzene rings is 2. The molecular formula is C26H22N6O3S. The van der Waals surface area contributed by atoms with Crippen LogP contribution in [0.5, 0.6) is 0 Å². The Labute approximate surface area is 207 Å². The third kappa shape index (κ3) is 3.95. The molecule has 5 aromatic rings. The van der Waals surface area contributed by atoms with E-state index in [2.05, 4.69) is 15.4 Å². The molecule has 1 N–H and O–H groups in total. The highest BCUT2D eigenvalue weighted by atomic mass is 32.2. The Morgan fingerprint density at radius 3 is 2.53 bits per heavy atom. The van der Waals surface area contributed by atoms with Gasteiger partial charge in [0.2, 0.25) is 0 Å². The number of rotatable bonds is 6. The summed E-state index contributed by atoms with van der Waals surface area (Å²) in [5.41, 5.74) is 3.99. The lowest BCUT2D eigenvalue weighted by molar-refractivity contribution is 0.102. The first-order valence-electron chi connectivity index (χ1n) is 11.5. The monoisotopic (exact) mass is 498 g/mol. The molecular weight excluding hydrogens is 476 g/mol. The van der Waals surface area contributed by atoms with Crippen molar-refractivity contribution in [1.29, 1.82) is 0 Å². The van der Waals surface area contributed by atoms with E-state index in [1.807, 2.05) is 31.2 Å². The summed E-state index contributed by atoms with van der Waals surface area (Å²) in [7, 11) is -3.27. The normalized spacial score (nSPS) is 13.7. The highest BCUT2D eigenvalue weighted by Crippen LogP contribution is 2.34. The molecule has 0 atom stereocenters. The van der Waals surface area contributed by atoms with Crippen molar-refractivity contribution in [3.05, 3.63) is 90.4 Å². The smallest absolute Gasteiger partial charge is 0.262 e. The number of carbonyl (C=O) groups excluding carboxylic acids is 1. The molecule has 0 unspecified atom stereocenters. The molecule has 9 nitrogen and oxygen atoms in total. The van der Waals surface area contributed by atoms with Gasteiger partial charge in [0.15, 0.2) is 15.5 Å². The van der Waals surface area contributed by atoms with Crippen LogP contribution in [0.1, 0.15) is 28.8 Å². The molecule has 3 aromatic heterocycles. The van der Waals surface area contributed by atoms with Gasteiger partial charge in [-0.05, 0) is 50.1 Å². The number of nitrogens with one attached hydrogen (secondary N) is 1. The third-order valence-corrected chi connectivity index (χ3v) is 8.47. The van der Waals surface area contributed by atoms with Crippen molar-refractivity contribution in [2.24, 2.45) is 0 Å². The predicted molar refractivity (Wildman–Crippen MR) is 135 cm³/mol. The number of aromatic nitrogens is 5. The van der Waals surface area contributed by atoms with Crippen LogP contribution in [-0.4, -0.2) is 44.0 Å². The molecule has 1 fully saturated rings. The fourth-order valence-electron chi connectivity index (χ4n) is 4.05. The van der Waals surface area contributed by atoms with Gasteiger partial charge in [0, 0.05) is 24.0 Å². The topological polar surface area (TPSA) is 111 Å². The van der Waals surface area contributed by atoms with Gasteiger partial charge in [0.05, 0.1) is 27.7 Å². The van der Waals surface area contributed by atoms with Crippen molar-refractivity contribution in [3.8, 4) is 16.9 Å². The van der Waals surface area contributed by atoms with Gasteiger partial charge < -0.3 is 5.32 Å². The molecule has 6 rings (SSSR count). The zero-order valence-corrected chi connectivity index (χ0v) is 20.2. The molecule has 0 saturated heterocycles. The number of hydrogen-bond acceptors (Lipinski definition) is 6. The molecule has 0 bridgehead atoms. The Morgan fingerprint density at radius 1 is 1.06 bits per heavy atom. The lowest BCUT2D eigenvalue weighted by Gasteiger charge is -2.08. The van der Waals surface area contributed by atoms with Gasteiger partial charge in [-0.25, -0.2) is 22.6 Å². The average molecular weight is 499 g/mol. The van der Waals surface area contributed by atoms with E-state index in [0.29, 0.717) is 27.6 Å². The van der Waals surface area contributed by atoms with Gasteiger partial charge in [-0.3, -0.25) is 4.79 Å². The molecule has 1 aliphatic rings. The Bertz CT molecular complexity index is 1700. The van der Waals surface area contributed by atoms with Crippen molar-refractivity contribution in [2.75, 3.05) is 5.32 Å². The van der Waals surface area contributed by atoms with Crippen LogP contribution < -0.4 is 5.32 Å². The standard InChI is InChI=1S/C26H22N6O3S/c1-17-3-7-19(8-4-17)32-24(29-26(33)22-16-28-31-14-2-13-27-25(22)31)15-23(30-32)18-5-9-20(10-6-18)36(34,35)21-11-12-21/h2-10,13-16,21H,11-12H2,1H3,(H,29,33). The lowest BCUT2D eigenvalue weighted by atomic mass is 10.1. The summed E-state index contributed by atoms with van der Waals surface area (Å²) in [6, 6.07) is 18.0. The lowest BCUT2D eigenvalue weighted by Crippen LogP contribution is -2.15. The fraction of sp³-hybridized carbons (Fsp3) is 0.154. The van der Waals surface area contributed by atoms with Crippen LogP contribution in [0.4, 0.5) is 5.82 Å². The van der Waals surface area contributed by atoms with Crippen LogP contribution in [0.3, 0.4) is 0 Å². The summed E-state index contributed by atoms with van der Waals surface area (Å²) < 4.78 is 28.3. The number of fused-ring (bicyclic) bond motifs is 1. The zero-order valence-electron chi connectivity index (χ0n) is 19.4. The summed E-state index contributed by atoms with van der Waals surface area (Å²) in [5, 5.41) is 11.6. The first-order valence-corrected chi connectivity index (χ1v) is 13.1. The SMILES string of the molecule is Cc1ccc(-n2nc(-c3ccc(S(=O)(=O)C4CC4)cc3)cc2NC(=O)c2cnn3cccnc23)cc1. The largest absolute Gasteiger partial charge is 0.306 e. The van der Waals surface area contributed by atoms with Gasteiger partial charge in [-0.1, -0.05) is 29.8 Å². The number of nitrogens with zero attached hydrogens (tertiary/aromatic N) is 5. The average Bonchev–Trinajstić information content (AvgIpc) is 3.55. The molecule has 36 heavy (non-hydrogen) atoms. The fourth-order valence-corrected chi connectivity index (χ4v) is 5.71. The van der Waals surface area contributed by atoms with Gasteiger partial charge >= 0.3 is 0 Å². The zero-order chi connectivity index (χ0) is 24.9.